The third-order valence-electron chi connectivity index (χ3n) is 5.65. The van der Waals surface area contributed by atoms with Gasteiger partial charge in [-0.1, -0.05) is 42.5 Å². The number of ether oxygens (including phenoxy) is 2. The lowest BCUT2D eigenvalue weighted by atomic mass is 10.1. The van der Waals surface area contributed by atoms with Gasteiger partial charge in [0, 0.05) is 0 Å². The quantitative estimate of drug-likeness (QED) is 0.750. The monoisotopic (exact) mass is 410 g/mol. The van der Waals surface area contributed by atoms with E-state index in [4.69, 9.17) is 9.47 Å². The summed E-state index contributed by atoms with van der Waals surface area (Å²) in [6.45, 7) is 5.32. The average Bonchev–Trinajstić information content (AvgIpc) is 2.79. The van der Waals surface area contributed by atoms with Crippen molar-refractivity contribution in [2.24, 2.45) is 0 Å². The molecule has 2 amide bonds. The Bertz CT molecular complexity index is 881. The molecule has 2 atom stereocenters. The molecule has 30 heavy (non-hydrogen) atoms. The Hall–Kier alpha value is -3.06. The number of quaternary nitrogens is 1. The number of piperazine rings is 1. The first-order chi connectivity index (χ1) is 14.6. The number of para-hydroxylation sites is 2. The van der Waals surface area contributed by atoms with Crippen LogP contribution >= 0.6 is 0 Å². The summed E-state index contributed by atoms with van der Waals surface area (Å²) in [5.74, 6) is 1.26. The highest BCUT2D eigenvalue weighted by molar-refractivity contribution is 5.82. The van der Waals surface area contributed by atoms with Crippen molar-refractivity contribution in [2.75, 3.05) is 39.3 Å². The number of nitrogens with zero attached hydrogens (tertiary/aromatic N) is 1. The molecule has 2 heterocycles. The number of rotatable bonds is 5. The standard InChI is InChI=1S/C23H27N3O4/c1-17(18-7-3-2-4-8-18)24-22(27)15-25-11-13-26(14-12-25)23(28)21-16-29-19-9-5-6-10-20(19)30-21/h2-10,17,21H,11-16H2,1H3,(H,24,27)/p+1/t17-,21-/m1/s1. The highest BCUT2D eigenvalue weighted by Gasteiger charge is 2.34. The molecule has 2 aliphatic rings. The van der Waals surface area contributed by atoms with Gasteiger partial charge in [0.05, 0.1) is 32.2 Å². The molecule has 2 aromatic rings. The van der Waals surface area contributed by atoms with E-state index in [1.807, 2.05) is 66.4 Å². The molecule has 1 saturated heterocycles. The number of nitrogens with one attached hydrogen (secondary N) is 2. The maximum absolute atomic E-state index is 12.8. The van der Waals surface area contributed by atoms with E-state index >= 15 is 0 Å². The van der Waals surface area contributed by atoms with E-state index in [0.29, 0.717) is 31.1 Å². The van der Waals surface area contributed by atoms with Gasteiger partial charge in [-0.15, -0.1) is 0 Å². The van der Waals surface area contributed by atoms with Crippen LogP contribution in [0.3, 0.4) is 0 Å². The van der Waals surface area contributed by atoms with Gasteiger partial charge in [-0.25, -0.2) is 0 Å². The maximum atomic E-state index is 12.8. The Kier molecular flexibility index (Phi) is 6.18. The third kappa shape index (κ3) is 4.74. The van der Waals surface area contributed by atoms with Crippen molar-refractivity contribution in [3.63, 3.8) is 0 Å². The lowest BCUT2D eigenvalue weighted by Crippen LogP contribution is -3.16. The minimum atomic E-state index is -0.614. The molecule has 7 nitrogen and oxygen atoms in total. The van der Waals surface area contributed by atoms with Gasteiger partial charge in [-0.05, 0) is 24.6 Å². The molecule has 158 valence electrons. The Morgan fingerprint density at radius 2 is 1.73 bits per heavy atom. The summed E-state index contributed by atoms with van der Waals surface area (Å²) in [7, 11) is 0. The van der Waals surface area contributed by atoms with E-state index in [0.717, 1.165) is 18.7 Å². The molecule has 0 unspecified atom stereocenters. The van der Waals surface area contributed by atoms with Crippen molar-refractivity contribution >= 4 is 11.8 Å². The normalized spacial score (nSPS) is 19.8. The van der Waals surface area contributed by atoms with E-state index < -0.39 is 6.10 Å². The van der Waals surface area contributed by atoms with Gasteiger partial charge < -0.3 is 24.6 Å². The molecule has 0 saturated carbocycles. The molecule has 2 N–H and O–H groups in total. The van der Waals surface area contributed by atoms with Gasteiger partial charge >= 0.3 is 0 Å². The summed E-state index contributed by atoms with van der Waals surface area (Å²) >= 11 is 0. The molecule has 0 aliphatic carbocycles. The molecule has 7 heteroatoms. The SMILES string of the molecule is C[C@@H](NC(=O)C[NH+]1CCN(C(=O)[C@H]2COc3ccccc3O2)CC1)c1ccccc1. The Morgan fingerprint density at radius 3 is 2.47 bits per heavy atom. The first-order valence-corrected chi connectivity index (χ1v) is 10.5. The average molecular weight is 410 g/mol. The van der Waals surface area contributed by atoms with Gasteiger partial charge in [0.2, 0.25) is 6.10 Å². The first kappa shape index (κ1) is 20.2. The molecule has 0 bridgehead atoms. The van der Waals surface area contributed by atoms with Gasteiger partial charge in [-0.2, -0.15) is 0 Å². The Balaban J connectivity index is 1.23. The number of amides is 2. The van der Waals surface area contributed by atoms with Crippen LogP contribution in [0.2, 0.25) is 0 Å². The summed E-state index contributed by atoms with van der Waals surface area (Å²) in [5.41, 5.74) is 1.09. The van der Waals surface area contributed by atoms with E-state index in [1.54, 1.807) is 0 Å². The molecule has 0 radical (unpaired) electrons. The van der Waals surface area contributed by atoms with Gasteiger partial charge in [0.1, 0.15) is 6.61 Å². The summed E-state index contributed by atoms with van der Waals surface area (Å²) in [6.07, 6.45) is -0.614. The molecule has 2 aromatic carbocycles. The predicted octanol–water partition coefficient (Wildman–Crippen LogP) is 0.431. The van der Waals surface area contributed by atoms with Gasteiger partial charge in [0.15, 0.2) is 18.0 Å². The third-order valence-corrected chi connectivity index (χ3v) is 5.65. The molecular formula is C23H28N3O4+. The molecule has 1 fully saturated rings. The topological polar surface area (TPSA) is 72.3 Å². The number of benzene rings is 2. The molecular weight excluding hydrogens is 382 g/mol. The summed E-state index contributed by atoms with van der Waals surface area (Å²) in [5, 5.41) is 3.06. The summed E-state index contributed by atoms with van der Waals surface area (Å²) in [4.78, 5) is 28.3. The number of hydrogen-bond donors (Lipinski definition) is 2. The van der Waals surface area contributed by atoms with E-state index in [1.165, 1.54) is 4.90 Å². The Labute approximate surface area is 176 Å². The fraction of sp³-hybridized carbons (Fsp3) is 0.391. The smallest absolute Gasteiger partial charge is 0.275 e. The summed E-state index contributed by atoms with van der Waals surface area (Å²) in [6, 6.07) is 17.3. The zero-order valence-corrected chi connectivity index (χ0v) is 17.2. The van der Waals surface area contributed by atoms with Crippen LogP contribution in [0.5, 0.6) is 11.5 Å². The minimum Gasteiger partial charge on any atom is -0.485 e. The van der Waals surface area contributed by atoms with Crippen LogP contribution in [-0.4, -0.2) is 62.1 Å². The van der Waals surface area contributed by atoms with Gasteiger partial charge in [-0.3, -0.25) is 9.59 Å². The van der Waals surface area contributed by atoms with Crippen LogP contribution in [0.25, 0.3) is 0 Å². The zero-order chi connectivity index (χ0) is 20.9. The number of carbonyl (C=O) groups is 2. The predicted molar refractivity (Wildman–Crippen MR) is 111 cm³/mol. The number of fused-ring (bicyclic) bond motifs is 1. The second-order valence-electron chi connectivity index (χ2n) is 7.82. The van der Waals surface area contributed by atoms with Crippen molar-refractivity contribution in [1.82, 2.24) is 10.2 Å². The largest absolute Gasteiger partial charge is 0.485 e. The van der Waals surface area contributed by atoms with E-state index in [2.05, 4.69) is 5.32 Å². The van der Waals surface area contributed by atoms with Crippen LogP contribution in [-0.2, 0) is 9.59 Å². The second-order valence-corrected chi connectivity index (χ2v) is 7.82. The fourth-order valence-electron chi connectivity index (χ4n) is 3.91. The van der Waals surface area contributed by atoms with Crippen molar-refractivity contribution in [3.8, 4) is 11.5 Å². The van der Waals surface area contributed by atoms with Crippen molar-refractivity contribution in [2.45, 2.75) is 19.1 Å². The lowest BCUT2D eigenvalue weighted by Gasteiger charge is -2.35. The van der Waals surface area contributed by atoms with Crippen molar-refractivity contribution in [1.29, 1.82) is 0 Å². The fourth-order valence-corrected chi connectivity index (χ4v) is 3.91. The molecule has 4 rings (SSSR count). The molecule has 0 aromatic heterocycles. The Morgan fingerprint density at radius 1 is 1.07 bits per heavy atom. The molecule has 2 aliphatic heterocycles. The van der Waals surface area contributed by atoms with Crippen LogP contribution < -0.4 is 19.7 Å². The van der Waals surface area contributed by atoms with E-state index in [-0.39, 0.29) is 24.5 Å². The minimum absolute atomic E-state index is 0.0210. The highest BCUT2D eigenvalue weighted by atomic mass is 16.6. The van der Waals surface area contributed by atoms with Gasteiger partial charge in [0.25, 0.3) is 11.8 Å². The maximum Gasteiger partial charge on any atom is 0.275 e. The van der Waals surface area contributed by atoms with E-state index in [9.17, 15) is 9.59 Å². The number of carbonyl (C=O) groups excluding carboxylic acids is 2. The van der Waals surface area contributed by atoms with Crippen LogP contribution in [0, 0.1) is 0 Å². The van der Waals surface area contributed by atoms with Crippen LogP contribution in [0.15, 0.2) is 54.6 Å². The van der Waals surface area contributed by atoms with Crippen molar-refractivity contribution in [3.05, 3.63) is 60.2 Å². The van der Waals surface area contributed by atoms with Crippen molar-refractivity contribution < 1.29 is 24.0 Å². The zero-order valence-electron chi connectivity index (χ0n) is 17.2. The lowest BCUT2D eigenvalue weighted by molar-refractivity contribution is -0.896. The second kappa shape index (κ2) is 9.17. The van der Waals surface area contributed by atoms with Crippen LogP contribution in [0.1, 0.15) is 18.5 Å². The highest BCUT2D eigenvalue weighted by Crippen LogP contribution is 2.31. The molecule has 0 spiro atoms. The first-order valence-electron chi connectivity index (χ1n) is 10.5. The summed E-state index contributed by atoms with van der Waals surface area (Å²) < 4.78 is 11.5. The van der Waals surface area contributed by atoms with Crippen LogP contribution in [0.4, 0.5) is 0 Å². The number of hydrogen-bond acceptors (Lipinski definition) is 4.